The van der Waals surface area contributed by atoms with Gasteiger partial charge in [0.2, 0.25) is 0 Å². The summed E-state index contributed by atoms with van der Waals surface area (Å²) in [4.78, 5) is 6.86. The molecule has 0 spiro atoms. The lowest BCUT2D eigenvalue weighted by Gasteiger charge is -2.29. The molecule has 1 N–H and O–H groups in total. The number of para-hydroxylation sites is 1. The van der Waals surface area contributed by atoms with E-state index in [0.29, 0.717) is 11.6 Å². The predicted molar refractivity (Wildman–Crippen MR) is 122 cm³/mol. The molecule has 0 aliphatic carbocycles. The normalized spacial score (nSPS) is 18.9. The number of aromatic nitrogens is 2. The van der Waals surface area contributed by atoms with Gasteiger partial charge in [-0.15, -0.1) is 0 Å². The highest BCUT2D eigenvalue weighted by molar-refractivity contribution is 7.80. The van der Waals surface area contributed by atoms with E-state index in [9.17, 15) is 4.39 Å². The van der Waals surface area contributed by atoms with E-state index in [0.717, 1.165) is 34.3 Å². The Kier molecular flexibility index (Phi) is 5.60. The van der Waals surface area contributed by atoms with Crippen LogP contribution in [0.1, 0.15) is 48.6 Å². The highest BCUT2D eigenvalue weighted by Crippen LogP contribution is 2.41. The Morgan fingerprint density at radius 2 is 1.87 bits per heavy atom. The minimum absolute atomic E-state index is 0.0125. The van der Waals surface area contributed by atoms with Crippen LogP contribution >= 0.6 is 12.2 Å². The summed E-state index contributed by atoms with van der Waals surface area (Å²) in [5, 5.41) is 4.23. The number of nitrogens with one attached hydrogen (secondary N) is 1. The molecule has 3 aromatic rings. The van der Waals surface area contributed by atoms with Crippen LogP contribution in [0, 0.1) is 25.6 Å². The number of pyridine rings is 1. The molecule has 0 bridgehead atoms. The second-order valence-corrected chi connectivity index (χ2v) is 8.67. The van der Waals surface area contributed by atoms with Crippen molar-refractivity contribution in [3.05, 3.63) is 83.2 Å². The summed E-state index contributed by atoms with van der Waals surface area (Å²) < 4.78 is 16.6. The Morgan fingerprint density at radius 3 is 2.53 bits per heavy atom. The van der Waals surface area contributed by atoms with Crippen LogP contribution in [0.4, 0.5) is 4.39 Å². The smallest absolute Gasteiger partial charge is 0.170 e. The highest BCUT2D eigenvalue weighted by Gasteiger charge is 2.41. The van der Waals surface area contributed by atoms with E-state index >= 15 is 0 Å². The topological polar surface area (TPSA) is 33.1 Å². The molecule has 1 aromatic carbocycles. The molecular formula is C24H27FN4S. The monoisotopic (exact) mass is 422 g/mol. The van der Waals surface area contributed by atoms with Crippen LogP contribution in [0.25, 0.3) is 5.69 Å². The van der Waals surface area contributed by atoms with E-state index < -0.39 is 0 Å². The van der Waals surface area contributed by atoms with Gasteiger partial charge in [0.15, 0.2) is 5.11 Å². The van der Waals surface area contributed by atoms with Gasteiger partial charge in [-0.2, -0.15) is 0 Å². The maximum atomic E-state index is 14.6. The van der Waals surface area contributed by atoms with Crippen molar-refractivity contribution in [1.82, 2.24) is 19.8 Å². The second-order valence-electron chi connectivity index (χ2n) is 8.29. The first-order valence-corrected chi connectivity index (χ1v) is 10.7. The van der Waals surface area contributed by atoms with Gasteiger partial charge in [-0.3, -0.25) is 4.98 Å². The third-order valence-electron chi connectivity index (χ3n) is 5.64. The summed E-state index contributed by atoms with van der Waals surface area (Å²) in [5.74, 6) is 0.219. The average Bonchev–Trinajstić information content (AvgIpc) is 3.18. The highest BCUT2D eigenvalue weighted by atomic mass is 32.1. The number of benzene rings is 1. The molecule has 1 aliphatic heterocycles. The molecular weight excluding hydrogens is 395 g/mol. The van der Waals surface area contributed by atoms with Crippen molar-refractivity contribution in [3.63, 3.8) is 0 Å². The van der Waals surface area contributed by atoms with Crippen LogP contribution in [0.15, 0.2) is 54.7 Å². The third kappa shape index (κ3) is 3.60. The van der Waals surface area contributed by atoms with Gasteiger partial charge in [0.1, 0.15) is 5.82 Å². The summed E-state index contributed by atoms with van der Waals surface area (Å²) in [6.07, 6.45) is 1.81. The van der Waals surface area contributed by atoms with Crippen molar-refractivity contribution in [2.45, 2.75) is 39.8 Å². The molecule has 3 heterocycles. The molecule has 1 fully saturated rings. The predicted octanol–water partition coefficient (Wildman–Crippen LogP) is 5.26. The van der Waals surface area contributed by atoms with E-state index in [4.69, 9.17) is 12.2 Å². The SMILES string of the molecule is Cc1cc([C@@H]2[C@H](c3ccccn3)NC(=S)N2CC(C)C)c(C)n1-c1ccccc1F. The van der Waals surface area contributed by atoms with Crippen LogP contribution < -0.4 is 5.32 Å². The molecule has 4 nitrogen and oxygen atoms in total. The summed E-state index contributed by atoms with van der Waals surface area (Å²) >= 11 is 5.73. The first kappa shape index (κ1) is 20.5. The van der Waals surface area contributed by atoms with E-state index in [1.165, 1.54) is 6.07 Å². The average molecular weight is 423 g/mol. The van der Waals surface area contributed by atoms with Gasteiger partial charge in [0.05, 0.1) is 23.5 Å². The molecule has 1 saturated heterocycles. The number of halogens is 1. The summed E-state index contributed by atoms with van der Waals surface area (Å²) in [5.41, 5.74) is 4.67. The first-order chi connectivity index (χ1) is 14.4. The van der Waals surface area contributed by atoms with Crippen LogP contribution in [0.3, 0.4) is 0 Å². The Balaban J connectivity index is 1.85. The Morgan fingerprint density at radius 1 is 1.13 bits per heavy atom. The summed E-state index contributed by atoms with van der Waals surface area (Å²) in [6, 6.07) is 14.9. The van der Waals surface area contributed by atoms with Crippen LogP contribution in [-0.4, -0.2) is 26.1 Å². The van der Waals surface area contributed by atoms with Gasteiger partial charge < -0.3 is 14.8 Å². The quantitative estimate of drug-likeness (QED) is 0.569. The summed E-state index contributed by atoms with van der Waals surface area (Å²) in [7, 11) is 0. The zero-order valence-electron chi connectivity index (χ0n) is 17.8. The second kappa shape index (κ2) is 8.19. The maximum Gasteiger partial charge on any atom is 0.170 e. The molecule has 0 unspecified atom stereocenters. The van der Waals surface area contributed by atoms with Gasteiger partial charge in [-0.25, -0.2) is 4.39 Å². The fourth-order valence-corrected chi connectivity index (χ4v) is 4.74. The third-order valence-corrected chi connectivity index (χ3v) is 5.99. The standard InChI is InChI=1S/C24H27FN4S/c1-15(2)14-28-23(22(27-24(28)30)20-10-7-8-12-26-20)18-13-16(3)29(17(18)4)21-11-6-5-9-19(21)25/h5-13,15,22-23H,14H2,1-4H3,(H,27,30)/t22-,23+/m0/s1. The number of hydrogen-bond donors (Lipinski definition) is 1. The molecule has 0 saturated carbocycles. The van der Waals surface area contributed by atoms with Gasteiger partial charge in [0, 0.05) is 24.1 Å². The van der Waals surface area contributed by atoms with E-state index in [2.05, 4.69) is 42.0 Å². The Bertz CT molecular complexity index is 1060. The minimum Gasteiger partial charge on any atom is -0.352 e. The van der Waals surface area contributed by atoms with Crippen molar-refractivity contribution in [2.24, 2.45) is 5.92 Å². The lowest BCUT2D eigenvalue weighted by atomic mass is 9.96. The van der Waals surface area contributed by atoms with Crippen LogP contribution in [-0.2, 0) is 0 Å². The maximum absolute atomic E-state index is 14.6. The zero-order valence-corrected chi connectivity index (χ0v) is 18.6. The van der Waals surface area contributed by atoms with Crippen molar-refractivity contribution < 1.29 is 4.39 Å². The molecule has 1 aliphatic rings. The first-order valence-electron chi connectivity index (χ1n) is 10.3. The largest absolute Gasteiger partial charge is 0.352 e. The molecule has 2 aromatic heterocycles. The molecule has 156 valence electrons. The lowest BCUT2D eigenvalue weighted by Crippen LogP contribution is -2.33. The summed E-state index contributed by atoms with van der Waals surface area (Å²) in [6.45, 7) is 9.29. The van der Waals surface area contributed by atoms with Crippen molar-refractivity contribution in [1.29, 1.82) is 0 Å². The molecule has 0 radical (unpaired) electrons. The molecule has 6 heteroatoms. The van der Waals surface area contributed by atoms with Crippen LogP contribution in [0.2, 0.25) is 0 Å². The van der Waals surface area contributed by atoms with E-state index in [1.807, 2.05) is 48.0 Å². The number of thiocarbonyl (C=S) groups is 1. The Labute approximate surface area is 182 Å². The number of rotatable bonds is 5. The van der Waals surface area contributed by atoms with E-state index in [-0.39, 0.29) is 17.9 Å². The Hall–Kier alpha value is -2.73. The van der Waals surface area contributed by atoms with Crippen molar-refractivity contribution in [2.75, 3.05) is 6.54 Å². The molecule has 30 heavy (non-hydrogen) atoms. The lowest BCUT2D eigenvalue weighted by molar-refractivity contribution is 0.287. The molecule has 4 rings (SSSR count). The minimum atomic E-state index is -0.230. The number of nitrogens with zero attached hydrogens (tertiary/aromatic N) is 3. The van der Waals surface area contributed by atoms with Crippen molar-refractivity contribution in [3.8, 4) is 5.69 Å². The molecule has 2 atom stereocenters. The van der Waals surface area contributed by atoms with Gasteiger partial charge >= 0.3 is 0 Å². The van der Waals surface area contributed by atoms with E-state index in [1.54, 1.807) is 6.07 Å². The van der Waals surface area contributed by atoms with Gasteiger partial charge in [-0.1, -0.05) is 32.0 Å². The fraction of sp³-hybridized carbons (Fsp3) is 0.333. The molecule has 0 amide bonds. The number of hydrogen-bond acceptors (Lipinski definition) is 2. The number of aryl methyl sites for hydroxylation is 1. The van der Waals surface area contributed by atoms with Crippen LogP contribution in [0.5, 0.6) is 0 Å². The zero-order chi connectivity index (χ0) is 21.4. The van der Waals surface area contributed by atoms with Gasteiger partial charge in [0.25, 0.3) is 0 Å². The fourth-order valence-electron chi connectivity index (χ4n) is 4.42. The van der Waals surface area contributed by atoms with Gasteiger partial charge in [-0.05, 0) is 67.9 Å². The van der Waals surface area contributed by atoms with Crippen molar-refractivity contribution >= 4 is 17.3 Å².